The van der Waals surface area contributed by atoms with Crippen LogP contribution in [0.1, 0.15) is 12.0 Å². The molecule has 2 rings (SSSR count). The Kier molecular flexibility index (Phi) is 5.23. The number of hydrogen-bond donors (Lipinski definition) is 3. The summed E-state index contributed by atoms with van der Waals surface area (Å²) in [5, 5.41) is 17.1. The number of anilines is 1. The Labute approximate surface area is 124 Å². The number of nitrogens with two attached hydrogens (primary N) is 1. The molecule has 1 aliphatic heterocycles. The Balaban J connectivity index is 2.09. The summed E-state index contributed by atoms with van der Waals surface area (Å²) >= 11 is 6.31. The maximum Gasteiger partial charge on any atom is 0.122 e. The molecular formula is C14H21ClN4O. The molecule has 4 N–H and O–H groups in total. The normalized spacial score (nSPS) is 17.0. The highest BCUT2D eigenvalue weighted by atomic mass is 35.5. The number of nitrogens with zero attached hydrogens (tertiary/aromatic N) is 2. The molecule has 1 aromatic carbocycles. The lowest BCUT2D eigenvalue weighted by Crippen LogP contribution is -2.32. The molecule has 0 atom stereocenters. The van der Waals surface area contributed by atoms with Gasteiger partial charge in [-0.3, -0.25) is 10.3 Å². The fourth-order valence-electron chi connectivity index (χ4n) is 2.51. The van der Waals surface area contributed by atoms with Crippen LogP contribution in [0, 0.1) is 5.41 Å². The van der Waals surface area contributed by atoms with Gasteiger partial charge < -0.3 is 15.7 Å². The zero-order valence-corrected chi connectivity index (χ0v) is 12.2. The fourth-order valence-corrected chi connectivity index (χ4v) is 2.81. The number of hydrogen-bond acceptors (Lipinski definition) is 4. The minimum atomic E-state index is 0.0310. The summed E-state index contributed by atoms with van der Waals surface area (Å²) in [6.07, 6.45) is 1.05. The second-order valence-corrected chi connectivity index (χ2v) is 5.39. The van der Waals surface area contributed by atoms with Crippen molar-refractivity contribution in [1.82, 2.24) is 4.90 Å². The van der Waals surface area contributed by atoms with Crippen molar-refractivity contribution in [2.45, 2.75) is 6.42 Å². The SMILES string of the molecule is N=C(N)c1ccc(N2CCCN(CCO)CC2)c(Cl)c1. The van der Waals surface area contributed by atoms with Crippen LogP contribution < -0.4 is 10.6 Å². The maximum absolute atomic E-state index is 9.01. The summed E-state index contributed by atoms with van der Waals surface area (Å²) in [5.74, 6) is 0.0310. The van der Waals surface area contributed by atoms with Crippen molar-refractivity contribution >= 4 is 23.1 Å². The Bertz CT molecular complexity index is 480. The largest absolute Gasteiger partial charge is 0.395 e. The Morgan fingerprint density at radius 2 is 2.10 bits per heavy atom. The van der Waals surface area contributed by atoms with Crippen molar-refractivity contribution in [1.29, 1.82) is 5.41 Å². The molecule has 110 valence electrons. The molecular weight excluding hydrogens is 276 g/mol. The average molecular weight is 297 g/mol. The van der Waals surface area contributed by atoms with E-state index in [1.165, 1.54) is 0 Å². The van der Waals surface area contributed by atoms with E-state index in [9.17, 15) is 0 Å². The topological polar surface area (TPSA) is 76.6 Å². The smallest absolute Gasteiger partial charge is 0.122 e. The van der Waals surface area contributed by atoms with Crippen LogP contribution >= 0.6 is 11.6 Å². The number of amidine groups is 1. The molecule has 20 heavy (non-hydrogen) atoms. The lowest BCUT2D eigenvalue weighted by atomic mass is 10.1. The van der Waals surface area contributed by atoms with Crippen LogP contribution in [0.15, 0.2) is 18.2 Å². The van der Waals surface area contributed by atoms with Crippen LogP contribution in [0.25, 0.3) is 0 Å². The van der Waals surface area contributed by atoms with Gasteiger partial charge in [0.2, 0.25) is 0 Å². The molecule has 0 aliphatic carbocycles. The molecule has 1 aliphatic rings. The molecule has 0 saturated carbocycles. The molecule has 0 unspecified atom stereocenters. The average Bonchev–Trinajstić information content (AvgIpc) is 2.65. The first-order valence-electron chi connectivity index (χ1n) is 6.84. The minimum absolute atomic E-state index is 0.0310. The van der Waals surface area contributed by atoms with E-state index in [2.05, 4.69) is 9.80 Å². The van der Waals surface area contributed by atoms with Gasteiger partial charge in [0, 0.05) is 31.7 Å². The molecule has 1 fully saturated rings. The van der Waals surface area contributed by atoms with Crippen LogP contribution in [0.3, 0.4) is 0 Å². The van der Waals surface area contributed by atoms with Gasteiger partial charge in [-0.1, -0.05) is 11.6 Å². The number of aliphatic hydroxyl groups is 1. The summed E-state index contributed by atoms with van der Waals surface area (Å²) in [6.45, 7) is 4.69. The number of nitrogens with one attached hydrogen (secondary N) is 1. The highest BCUT2D eigenvalue weighted by Gasteiger charge is 2.17. The number of benzene rings is 1. The molecule has 1 saturated heterocycles. The number of rotatable bonds is 4. The van der Waals surface area contributed by atoms with Crippen molar-refractivity contribution in [2.75, 3.05) is 44.2 Å². The second kappa shape index (κ2) is 6.92. The van der Waals surface area contributed by atoms with Crippen LogP contribution in [-0.2, 0) is 0 Å². The number of nitrogen functional groups attached to an aromatic ring is 1. The molecule has 1 heterocycles. The van der Waals surface area contributed by atoms with Gasteiger partial charge in [0.05, 0.1) is 17.3 Å². The van der Waals surface area contributed by atoms with E-state index >= 15 is 0 Å². The third kappa shape index (κ3) is 3.62. The van der Waals surface area contributed by atoms with E-state index in [1.54, 1.807) is 6.07 Å². The third-order valence-electron chi connectivity index (χ3n) is 3.60. The predicted molar refractivity (Wildman–Crippen MR) is 82.8 cm³/mol. The van der Waals surface area contributed by atoms with Gasteiger partial charge in [-0.05, 0) is 31.2 Å². The lowest BCUT2D eigenvalue weighted by Gasteiger charge is -2.24. The van der Waals surface area contributed by atoms with E-state index in [1.807, 2.05) is 12.1 Å². The highest BCUT2D eigenvalue weighted by Crippen LogP contribution is 2.27. The van der Waals surface area contributed by atoms with Crippen LogP contribution in [0.5, 0.6) is 0 Å². The monoisotopic (exact) mass is 296 g/mol. The van der Waals surface area contributed by atoms with Crippen LogP contribution in [0.2, 0.25) is 5.02 Å². The molecule has 0 amide bonds. The minimum Gasteiger partial charge on any atom is -0.395 e. The summed E-state index contributed by atoms with van der Waals surface area (Å²) in [5.41, 5.74) is 7.11. The first-order chi connectivity index (χ1) is 9.61. The zero-order valence-electron chi connectivity index (χ0n) is 11.5. The van der Waals surface area contributed by atoms with Crippen molar-refractivity contribution in [3.05, 3.63) is 28.8 Å². The van der Waals surface area contributed by atoms with Gasteiger partial charge in [0.1, 0.15) is 5.84 Å². The van der Waals surface area contributed by atoms with Gasteiger partial charge in [-0.2, -0.15) is 0 Å². The summed E-state index contributed by atoms with van der Waals surface area (Å²) < 4.78 is 0. The molecule has 0 spiro atoms. The van der Waals surface area contributed by atoms with E-state index in [-0.39, 0.29) is 12.4 Å². The lowest BCUT2D eigenvalue weighted by molar-refractivity contribution is 0.204. The van der Waals surface area contributed by atoms with E-state index in [0.717, 1.165) is 44.8 Å². The van der Waals surface area contributed by atoms with E-state index in [4.69, 9.17) is 27.9 Å². The van der Waals surface area contributed by atoms with Gasteiger partial charge in [-0.15, -0.1) is 0 Å². The van der Waals surface area contributed by atoms with Crippen LogP contribution in [0.4, 0.5) is 5.69 Å². The summed E-state index contributed by atoms with van der Waals surface area (Å²) in [4.78, 5) is 4.52. The summed E-state index contributed by atoms with van der Waals surface area (Å²) in [7, 11) is 0. The standard InChI is InChI=1S/C14H21ClN4O/c15-12-10-11(14(16)17)2-3-13(12)19-5-1-4-18(6-7-19)8-9-20/h2-3,10,20H,1,4-9H2,(H3,16,17). The first kappa shape index (κ1) is 15.1. The maximum atomic E-state index is 9.01. The molecule has 0 aromatic heterocycles. The quantitative estimate of drug-likeness (QED) is 0.575. The Hall–Kier alpha value is -1.30. The number of aliphatic hydroxyl groups excluding tert-OH is 1. The molecule has 5 nitrogen and oxygen atoms in total. The third-order valence-corrected chi connectivity index (χ3v) is 3.91. The van der Waals surface area contributed by atoms with Gasteiger partial charge in [-0.25, -0.2) is 0 Å². The Morgan fingerprint density at radius 3 is 2.75 bits per heavy atom. The van der Waals surface area contributed by atoms with Crippen molar-refractivity contribution in [3.8, 4) is 0 Å². The number of halogens is 1. The van der Waals surface area contributed by atoms with Crippen molar-refractivity contribution in [3.63, 3.8) is 0 Å². The second-order valence-electron chi connectivity index (χ2n) is 4.99. The molecule has 1 aromatic rings. The Morgan fingerprint density at radius 1 is 1.30 bits per heavy atom. The first-order valence-corrected chi connectivity index (χ1v) is 7.21. The molecule has 6 heteroatoms. The van der Waals surface area contributed by atoms with Crippen molar-refractivity contribution < 1.29 is 5.11 Å². The van der Waals surface area contributed by atoms with Crippen molar-refractivity contribution in [2.24, 2.45) is 5.73 Å². The van der Waals surface area contributed by atoms with E-state index in [0.29, 0.717) is 10.6 Å². The fraction of sp³-hybridized carbons (Fsp3) is 0.500. The van der Waals surface area contributed by atoms with E-state index < -0.39 is 0 Å². The number of β-amino-alcohol motifs (C(OH)–C–C–N with tert-alkyl or cyclic N) is 1. The molecule has 0 radical (unpaired) electrons. The molecule has 0 bridgehead atoms. The summed E-state index contributed by atoms with van der Waals surface area (Å²) in [6, 6.07) is 5.51. The van der Waals surface area contributed by atoms with Gasteiger partial charge >= 0.3 is 0 Å². The highest BCUT2D eigenvalue weighted by molar-refractivity contribution is 6.33. The predicted octanol–water partition coefficient (Wildman–Crippen LogP) is 1.13. The zero-order chi connectivity index (χ0) is 14.5. The van der Waals surface area contributed by atoms with Crippen LogP contribution in [-0.4, -0.2) is 55.2 Å². The van der Waals surface area contributed by atoms with Gasteiger partial charge in [0.25, 0.3) is 0 Å². The van der Waals surface area contributed by atoms with Gasteiger partial charge in [0.15, 0.2) is 0 Å².